The van der Waals surface area contributed by atoms with Gasteiger partial charge in [-0.25, -0.2) is 8.42 Å². The van der Waals surface area contributed by atoms with E-state index in [9.17, 15) is 21.6 Å². The number of hydrogen-bond acceptors (Lipinski definition) is 5. The van der Waals surface area contributed by atoms with Crippen LogP contribution in [0, 0.1) is 0 Å². The summed E-state index contributed by atoms with van der Waals surface area (Å²) in [5.41, 5.74) is -0.759. The number of sulfonamides is 1. The number of thiophene rings is 1. The highest BCUT2D eigenvalue weighted by molar-refractivity contribution is 7.91. The fraction of sp³-hybridized carbons (Fsp3) is 0.588. The van der Waals surface area contributed by atoms with Crippen molar-refractivity contribution in [1.29, 1.82) is 0 Å². The Morgan fingerprint density at radius 1 is 1.25 bits per heavy atom. The highest BCUT2D eigenvalue weighted by Gasteiger charge is 2.35. The topological polar surface area (TPSA) is 58.4 Å². The standard InChI is InChI=1S/C17H23F3N4O2S2/c1-22(2)12-6-4-5-9-24(11-12)28(25,26)16-8-7-14(27-16)13-10-15(17(18,19)20)21-23(13)3/h7-8,10,12H,4-6,9,11H2,1-3H3. The van der Waals surface area contributed by atoms with Gasteiger partial charge in [-0.1, -0.05) is 6.42 Å². The maximum atomic E-state index is 13.1. The van der Waals surface area contributed by atoms with E-state index in [1.54, 1.807) is 0 Å². The molecular formula is C17H23F3N4O2S2. The monoisotopic (exact) mass is 436 g/mol. The Labute approximate surface area is 166 Å². The molecule has 0 aromatic carbocycles. The molecule has 2 aromatic rings. The third-order valence-electron chi connectivity index (χ3n) is 4.94. The van der Waals surface area contributed by atoms with Crippen molar-refractivity contribution in [2.24, 2.45) is 7.05 Å². The van der Waals surface area contributed by atoms with Gasteiger partial charge in [-0.15, -0.1) is 11.3 Å². The molecule has 1 atom stereocenters. The second-order valence-corrected chi connectivity index (χ2v) is 10.4. The number of nitrogens with zero attached hydrogens (tertiary/aromatic N) is 4. The molecule has 0 spiro atoms. The number of aromatic nitrogens is 2. The molecule has 1 aliphatic rings. The zero-order valence-electron chi connectivity index (χ0n) is 15.9. The van der Waals surface area contributed by atoms with E-state index < -0.39 is 21.9 Å². The van der Waals surface area contributed by atoms with Gasteiger partial charge >= 0.3 is 6.18 Å². The minimum atomic E-state index is -4.55. The zero-order valence-corrected chi connectivity index (χ0v) is 17.5. The summed E-state index contributed by atoms with van der Waals surface area (Å²) in [7, 11) is 1.58. The van der Waals surface area contributed by atoms with Crippen LogP contribution < -0.4 is 0 Å². The number of halogens is 3. The van der Waals surface area contributed by atoms with Crippen LogP contribution in [0.15, 0.2) is 22.4 Å². The Morgan fingerprint density at radius 2 is 1.96 bits per heavy atom. The summed E-state index contributed by atoms with van der Waals surface area (Å²) in [6, 6.07) is 4.08. The lowest BCUT2D eigenvalue weighted by Crippen LogP contribution is -2.41. The van der Waals surface area contributed by atoms with Crippen molar-refractivity contribution in [1.82, 2.24) is 19.0 Å². The summed E-state index contributed by atoms with van der Waals surface area (Å²) in [4.78, 5) is 2.46. The van der Waals surface area contributed by atoms with Crippen molar-refractivity contribution in [2.75, 3.05) is 27.2 Å². The Kier molecular flexibility index (Phi) is 5.91. The molecule has 11 heteroatoms. The average molecular weight is 437 g/mol. The third-order valence-corrected chi connectivity index (χ3v) is 8.38. The number of alkyl halides is 3. The first-order valence-corrected chi connectivity index (χ1v) is 11.1. The second-order valence-electron chi connectivity index (χ2n) is 7.13. The van der Waals surface area contributed by atoms with Gasteiger partial charge in [0, 0.05) is 26.2 Å². The van der Waals surface area contributed by atoms with Gasteiger partial charge < -0.3 is 4.90 Å². The van der Waals surface area contributed by atoms with Gasteiger partial charge in [0.25, 0.3) is 10.0 Å². The molecule has 0 N–H and O–H groups in total. The molecule has 28 heavy (non-hydrogen) atoms. The lowest BCUT2D eigenvalue weighted by molar-refractivity contribution is -0.141. The first-order chi connectivity index (χ1) is 13.0. The van der Waals surface area contributed by atoms with E-state index in [1.165, 1.54) is 23.5 Å². The van der Waals surface area contributed by atoms with Crippen molar-refractivity contribution in [2.45, 2.75) is 35.7 Å². The Bertz CT molecular complexity index is 935. The first kappa shape index (κ1) is 21.3. The summed E-state index contributed by atoms with van der Waals surface area (Å²) >= 11 is 0.970. The highest BCUT2D eigenvalue weighted by Crippen LogP contribution is 2.36. The lowest BCUT2D eigenvalue weighted by Gasteiger charge is -2.27. The normalized spacial score (nSPS) is 19.9. The quantitative estimate of drug-likeness (QED) is 0.738. The van der Waals surface area contributed by atoms with Crippen LogP contribution in [0.2, 0.25) is 0 Å². The zero-order chi connectivity index (χ0) is 20.7. The molecule has 1 unspecified atom stereocenters. The number of hydrogen-bond donors (Lipinski definition) is 0. The molecule has 6 nitrogen and oxygen atoms in total. The number of aryl methyl sites for hydroxylation is 1. The van der Waals surface area contributed by atoms with Gasteiger partial charge in [0.2, 0.25) is 0 Å². The Balaban J connectivity index is 1.89. The number of rotatable bonds is 4. The van der Waals surface area contributed by atoms with Crippen LogP contribution in [0.5, 0.6) is 0 Å². The largest absolute Gasteiger partial charge is 0.435 e. The van der Waals surface area contributed by atoms with Crippen molar-refractivity contribution >= 4 is 21.4 Å². The second kappa shape index (κ2) is 7.77. The van der Waals surface area contributed by atoms with Crippen molar-refractivity contribution in [3.05, 3.63) is 23.9 Å². The summed E-state index contributed by atoms with van der Waals surface area (Å²) in [5, 5.41) is 3.49. The van der Waals surface area contributed by atoms with Crippen molar-refractivity contribution in [3.63, 3.8) is 0 Å². The summed E-state index contributed by atoms with van der Waals surface area (Å²) in [6.45, 7) is 0.857. The van der Waals surface area contributed by atoms with Gasteiger partial charge in [-0.2, -0.15) is 22.6 Å². The van der Waals surface area contributed by atoms with E-state index in [-0.39, 0.29) is 15.9 Å². The molecule has 3 rings (SSSR count). The maximum absolute atomic E-state index is 13.1. The summed E-state index contributed by atoms with van der Waals surface area (Å²) in [5.74, 6) is 0. The van der Waals surface area contributed by atoms with Gasteiger partial charge in [-0.3, -0.25) is 4.68 Å². The first-order valence-electron chi connectivity index (χ1n) is 8.88. The predicted molar refractivity (Wildman–Crippen MR) is 102 cm³/mol. The SMILES string of the molecule is CN(C)C1CCCCN(S(=O)(=O)c2ccc(-c3cc(C(F)(F)F)nn3C)s2)C1. The molecule has 0 aliphatic carbocycles. The van der Waals surface area contributed by atoms with E-state index in [1.807, 2.05) is 19.0 Å². The van der Waals surface area contributed by atoms with E-state index in [0.717, 1.165) is 41.3 Å². The van der Waals surface area contributed by atoms with Crippen LogP contribution in [0.3, 0.4) is 0 Å². The molecule has 1 aliphatic heterocycles. The van der Waals surface area contributed by atoms with Crippen LogP contribution in [-0.4, -0.2) is 60.6 Å². The average Bonchev–Trinajstić information content (AvgIpc) is 3.14. The Hall–Kier alpha value is -1.43. The fourth-order valence-electron chi connectivity index (χ4n) is 3.29. The Morgan fingerprint density at radius 3 is 2.57 bits per heavy atom. The lowest BCUT2D eigenvalue weighted by atomic mass is 10.1. The van der Waals surface area contributed by atoms with Crippen molar-refractivity contribution < 1.29 is 21.6 Å². The van der Waals surface area contributed by atoms with Gasteiger partial charge in [0.15, 0.2) is 5.69 Å². The highest BCUT2D eigenvalue weighted by atomic mass is 32.2. The van der Waals surface area contributed by atoms with E-state index >= 15 is 0 Å². The predicted octanol–water partition coefficient (Wildman–Crippen LogP) is 3.27. The molecule has 0 radical (unpaired) electrons. The molecule has 2 aromatic heterocycles. The molecule has 1 fully saturated rings. The van der Waals surface area contributed by atoms with E-state index in [4.69, 9.17) is 0 Å². The summed E-state index contributed by atoms with van der Waals surface area (Å²) in [6.07, 6.45) is -1.86. The minimum absolute atomic E-state index is 0.136. The van der Waals surface area contributed by atoms with Crippen molar-refractivity contribution in [3.8, 4) is 10.6 Å². The van der Waals surface area contributed by atoms with Gasteiger partial charge in [0.1, 0.15) is 4.21 Å². The molecular weight excluding hydrogens is 413 g/mol. The molecule has 1 saturated heterocycles. The van der Waals surface area contributed by atoms with Crippen LogP contribution >= 0.6 is 11.3 Å². The molecule has 0 saturated carbocycles. The molecule has 156 valence electrons. The summed E-state index contributed by atoms with van der Waals surface area (Å²) < 4.78 is 67.7. The fourth-order valence-corrected chi connectivity index (χ4v) is 6.31. The molecule has 0 bridgehead atoms. The maximum Gasteiger partial charge on any atom is 0.435 e. The third kappa shape index (κ3) is 4.27. The van der Waals surface area contributed by atoms with Crippen LogP contribution in [0.25, 0.3) is 10.6 Å². The van der Waals surface area contributed by atoms with Crippen LogP contribution in [0.4, 0.5) is 13.2 Å². The van der Waals surface area contributed by atoms with E-state index in [2.05, 4.69) is 5.10 Å². The smallest absolute Gasteiger partial charge is 0.305 e. The molecule has 3 heterocycles. The van der Waals surface area contributed by atoms with E-state index in [0.29, 0.717) is 18.0 Å². The number of likely N-dealkylation sites (N-methyl/N-ethyl adjacent to an activating group) is 1. The van der Waals surface area contributed by atoms with Crippen LogP contribution in [0.1, 0.15) is 25.0 Å². The molecule has 0 amide bonds. The van der Waals surface area contributed by atoms with Crippen LogP contribution in [-0.2, 0) is 23.2 Å². The van der Waals surface area contributed by atoms with Gasteiger partial charge in [-0.05, 0) is 45.1 Å². The van der Waals surface area contributed by atoms with Gasteiger partial charge in [0.05, 0.1) is 10.6 Å². The minimum Gasteiger partial charge on any atom is -0.305 e.